The van der Waals surface area contributed by atoms with Gasteiger partial charge < -0.3 is 10.1 Å². The Morgan fingerprint density at radius 3 is 2.76 bits per heavy atom. The third-order valence-electron chi connectivity index (χ3n) is 5.77. The van der Waals surface area contributed by atoms with Crippen LogP contribution in [-0.4, -0.2) is 40.0 Å². The quantitative estimate of drug-likeness (QED) is 0.441. The molecule has 1 amide bonds. The number of nitrogens with zero attached hydrogens (tertiary/aromatic N) is 4. The van der Waals surface area contributed by atoms with Crippen LogP contribution >= 0.6 is 11.3 Å². The monoisotopic (exact) mass is 460 g/mol. The lowest BCUT2D eigenvalue weighted by Crippen LogP contribution is -2.10. The number of amides is 1. The van der Waals surface area contributed by atoms with Gasteiger partial charge in [-0.05, 0) is 49.9 Å². The first-order valence-electron chi connectivity index (χ1n) is 10.8. The highest BCUT2D eigenvalue weighted by atomic mass is 32.1. The average molecular weight is 461 g/mol. The van der Waals surface area contributed by atoms with Gasteiger partial charge >= 0.3 is 6.09 Å². The topological polar surface area (TPSA) is 94.0 Å². The van der Waals surface area contributed by atoms with Crippen molar-refractivity contribution in [3.63, 3.8) is 0 Å². The number of rotatable bonds is 4. The molecule has 33 heavy (non-hydrogen) atoms. The fourth-order valence-corrected chi connectivity index (χ4v) is 5.20. The summed E-state index contributed by atoms with van der Waals surface area (Å²) in [5, 5.41) is 11.4. The van der Waals surface area contributed by atoms with Crippen molar-refractivity contribution in [3.8, 4) is 27.5 Å². The van der Waals surface area contributed by atoms with Gasteiger partial charge in [-0.3, -0.25) is 5.32 Å². The number of fused-ring (bicyclic) bond motifs is 3. The number of aromatic nitrogens is 4. The smallest absolute Gasteiger partial charge is 0.413 e. The Kier molecular flexibility index (Phi) is 5.55. The largest absolute Gasteiger partial charge is 0.453 e. The molecule has 0 radical (unpaired) electrons. The van der Waals surface area contributed by atoms with Gasteiger partial charge in [-0.15, -0.1) is 0 Å². The standard InChI is InChI=1S/C24H24N6O2S/c1-14-7-4-5-10-18(14)30-21-16(20(29-30)15-11-12-19(25-2)26-13-15)8-6-9-17-22(21)33-23(27-17)28-24(31)32-3/h4-5,7,10-13H,6,8-9H2,1-3H3,(H,25,26)(H,27,28,31). The Hall–Kier alpha value is -3.72. The van der Waals surface area contributed by atoms with E-state index in [2.05, 4.69) is 34.7 Å². The Labute approximate surface area is 195 Å². The van der Waals surface area contributed by atoms with Gasteiger partial charge in [0.1, 0.15) is 5.82 Å². The Morgan fingerprint density at radius 1 is 1.18 bits per heavy atom. The molecule has 0 spiro atoms. The maximum atomic E-state index is 11.8. The summed E-state index contributed by atoms with van der Waals surface area (Å²) < 4.78 is 6.78. The number of carbonyl (C=O) groups excluding carboxylic acids is 1. The van der Waals surface area contributed by atoms with E-state index in [-0.39, 0.29) is 0 Å². The fourth-order valence-electron chi connectivity index (χ4n) is 4.14. The second-order valence-corrected chi connectivity index (χ2v) is 8.82. The molecular weight excluding hydrogens is 436 g/mol. The first-order valence-corrected chi connectivity index (χ1v) is 11.6. The first-order chi connectivity index (χ1) is 16.1. The molecule has 9 heteroatoms. The van der Waals surface area contributed by atoms with Gasteiger partial charge in [0.05, 0.1) is 34.8 Å². The highest BCUT2D eigenvalue weighted by molar-refractivity contribution is 7.19. The summed E-state index contributed by atoms with van der Waals surface area (Å²) >= 11 is 1.45. The number of hydrogen-bond donors (Lipinski definition) is 2. The van der Waals surface area contributed by atoms with Gasteiger partial charge in [-0.1, -0.05) is 29.5 Å². The lowest BCUT2D eigenvalue weighted by Gasteiger charge is -2.10. The Bertz CT molecular complexity index is 1330. The zero-order valence-corrected chi connectivity index (χ0v) is 19.5. The number of anilines is 2. The van der Waals surface area contributed by atoms with Crippen LogP contribution in [0.5, 0.6) is 0 Å². The van der Waals surface area contributed by atoms with Crippen LogP contribution in [0.2, 0.25) is 0 Å². The molecule has 168 valence electrons. The summed E-state index contributed by atoms with van der Waals surface area (Å²) in [7, 11) is 3.20. The molecule has 5 rings (SSSR count). The average Bonchev–Trinajstić information content (AvgIpc) is 3.35. The van der Waals surface area contributed by atoms with Gasteiger partial charge in [-0.2, -0.15) is 5.10 Å². The Balaban J connectivity index is 1.73. The minimum absolute atomic E-state index is 0.525. The molecule has 0 aliphatic heterocycles. The molecule has 0 bridgehead atoms. The minimum atomic E-state index is -0.525. The number of carbonyl (C=O) groups is 1. The second kappa shape index (κ2) is 8.67. The summed E-state index contributed by atoms with van der Waals surface area (Å²) in [4.78, 5) is 22.0. The van der Waals surface area contributed by atoms with E-state index in [0.29, 0.717) is 5.13 Å². The highest BCUT2D eigenvalue weighted by Crippen LogP contribution is 2.43. The van der Waals surface area contributed by atoms with Crippen LogP contribution in [0.1, 0.15) is 23.2 Å². The molecule has 0 unspecified atom stereocenters. The molecule has 1 aromatic carbocycles. The molecule has 0 saturated carbocycles. The van der Waals surface area contributed by atoms with E-state index in [4.69, 9.17) is 14.8 Å². The highest BCUT2D eigenvalue weighted by Gasteiger charge is 2.29. The SMILES string of the molecule is CNc1ccc(-c2nn(-c3ccccc3C)c3c2CCCc2nc(NC(=O)OC)sc2-3)cn1. The third-order valence-corrected chi connectivity index (χ3v) is 6.79. The number of thiazole rings is 1. The molecule has 8 nitrogen and oxygen atoms in total. The van der Waals surface area contributed by atoms with Crippen molar-refractivity contribution in [1.29, 1.82) is 0 Å². The predicted octanol–water partition coefficient (Wildman–Crippen LogP) is 5.07. The molecule has 2 N–H and O–H groups in total. The van der Waals surface area contributed by atoms with Crippen LogP contribution < -0.4 is 10.6 Å². The minimum Gasteiger partial charge on any atom is -0.453 e. The lowest BCUT2D eigenvalue weighted by molar-refractivity contribution is 0.187. The molecule has 0 fully saturated rings. The van der Waals surface area contributed by atoms with Gasteiger partial charge in [0.25, 0.3) is 0 Å². The van der Waals surface area contributed by atoms with E-state index >= 15 is 0 Å². The van der Waals surface area contributed by atoms with Gasteiger partial charge in [0.2, 0.25) is 0 Å². The molecule has 1 aliphatic carbocycles. The number of nitrogens with one attached hydrogen (secondary N) is 2. The molecule has 3 aromatic heterocycles. The van der Waals surface area contributed by atoms with Crippen LogP contribution in [-0.2, 0) is 17.6 Å². The maximum absolute atomic E-state index is 11.8. The van der Waals surface area contributed by atoms with E-state index in [1.165, 1.54) is 24.0 Å². The summed E-state index contributed by atoms with van der Waals surface area (Å²) in [5.74, 6) is 0.812. The van der Waals surface area contributed by atoms with E-state index < -0.39 is 6.09 Å². The molecular formula is C24H24N6O2S. The van der Waals surface area contributed by atoms with Crippen molar-refractivity contribution in [2.45, 2.75) is 26.2 Å². The van der Waals surface area contributed by atoms with Crippen LogP contribution in [0.3, 0.4) is 0 Å². The summed E-state index contributed by atoms with van der Waals surface area (Å²) in [6.45, 7) is 2.08. The van der Waals surface area contributed by atoms with Gasteiger partial charge in [-0.25, -0.2) is 19.4 Å². The number of hydrogen-bond acceptors (Lipinski definition) is 7. The number of aryl methyl sites for hydroxylation is 2. The fraction of sp³-hybridized carbons (Fsp3) is 0.250. The number of benzene rings is 1. The zero-order valence-electron chi connectivity index (χ0n) is 18.7. The van der Waals surface area contributed by atoms with Crippen LogP contribution in [0, 0.1) is 6.92 Å². The second-order valence-electron chi connectivity index (χ2n) is 7.82. The first kappa shape index (κ1) is 21.1. The summed E-state index contributed by atoms with van der Waals surface area (Å²) in [6.07, 6.45) is 3.98. The number of pyridine rings is 1. The van der Waals surface area contributed by atoms with Crippen molar-refractivity contribution >= 4 is 28.4 Å². The van der Waals surface area contributed by atoms with Crippen LogP contribution in [0.25, 0.3) is 27.5 Å². The van der Waals surface area contributed by atoms with Gasteiger partial charge in [0, 0.05) is 24.4 Å². The van der Waals surface area contributed by atoms with Crippen molar-refractivity contribution in [3.05, 3.63) is 59.4 Å². The number of methoxy groups -OCH3 is 1. The van der Waals surface area contributed by atoms with E-state index in [9.17, 15) is 4.79 Å². The molecule has 3 heterocycles. The third kappa shape index (κ3) is 3.84. The number of ether oxygens (including phenoxy) is 1. The maximum Gasteiger partial charge on any atom is 0.413 e. The van der Waals surface area contributed by atoms with E-state index in [0.717, 1.165) is 63.9 Å². The van der Waals surface area contributed by atoms with Crippen molar-refractivity contribution in [1.82, 2.24) is 19.7 Å². The molecule has 0 atom stereocenters. The molecule has 1 aliphatic rings. The lowest BCUT2D eigenvalue weighted by atomic mass is 10.0. The Morgan fingerprint density at radius 2 is 2.03 bits per heavy atom. The van der Waals surface area contributed by atoms with Crippen LogP contribution in [0.4, 0.5) is 15.7 Å². The molecule has 4 aromatic rings. The van der Waals surface area contributed by atoms with Crippen molar-refractivity contribution < 1.29 is 9.53 Å². The van der Waals surface area contributed by atoms with Crippen molar-refractivity contribution in [2.75, 3.05) is 24.8 Å². The summed E-state index contributed by atoms with van der Waals surface area (Å²) in [5.41, 5.74) is 7.20. The van der Waals surface area contributed by atoms with Gasteiger partial charge in [0.15, 0.2) is 5.13 Å². The summed E-state index contributed by atoms with van der Waals surface area (Å²) in [6, 6.07) is 12.2. The van der Waals surface area contributed by atoms with Crippen LogP contribution in [0.15, 0.2) is 42.6 Å². The normalized spacial score (nSPS) is 12.5. The molecule has 0 saturated heterocycles. The zero-order chi connectivity index (χ0) is 22.9. The number of para-hydroxylation sites is 1. The predicted molar refractivity (Wildman–Crippen MR) is 130 cm³/mol. The van der Waals surface area contributed by atoms with E-state index in [1.807, 2.05) is 42.2 Å². The van der Waals surface area contributed by atoms with E-state index in [1.54, 1.807) is 0 Å². The van der Waals surface area contributed by atoms with Crippen molar-refractivity contribution in [2.24, 2.45) is 0 Å².